The van der Waals surface area contributed by atoms with Crippen molar-refractivity contribution in [3.63, 3.8) is 0 Å². The Balaban J connectivity index is 0.00000114. The van der Waals surface area contributed by atoms with E-state index in [1.54, 1.807) is 5.56 Å². The first-order chi connectivity index (χ1) is 17.6. The highest BCUT2D eigenvalue weighted by Crippen LogP contribution is 2.46. The monoisotopic (exact) mass is 512 g/mol. The quantitative estimate of drug-likeness (QED) is 0.421. The molecule has 2 aromatic carbocycles. The maximum Gasteiger partial charge on any atom is 0.0404 e. The van der Waals surface area contributed by atoms with Crippen molar-refractivity contribution in [1.82, 2.24) is 5.32 Å². The predicted molar refractivity (Wildman–Crippen MR) is 167 cm³/mol. The summed E-state index contributed by atoms with van der Waals surface area (Å²) in [6.07, 6.45) is 12.7. The van der Waals surface area contributed by atoms with Crippen molar-refractivity contribution in [2.75, 3.05) is 31.1 Å². The van der Waals surface area contributed by atoms with Crippen molar-refractivity contribution in [3.05, 3.63) is 65.2 Å². The zero-order chi connectivity index (χ0) is 26.7. The van der Waals surface area contributed by atoms with Crippen LogP contribution in [0.5, 0.6) is 0 Å². The predicted octanol–water partition coefficient (Wildman–Crippen LogP) is 8.53. The summed E-state index contributed by atoms with van der Waals surface area (Å²) in [6.45, 7) is 19.6. The smallest absolute Gasteiger partial charge is 0.0404 e. The molecule has 3 N–H and O–H groups in total. The number of rotatable bonds is 6. The van der Waals surface area contributed by atoms with Gasteiger partial charge in [-0.1, -0.05) is 117 Å². The first-order valence-electron chi connectivity index (χ1n) is 15.3. The minimum atomic E-state index is 0. The van der Waals surface area contributed by atoms with Gasteiger partial charge in [-0.2, -0.15) is 0 Å². The van der Waals surface area contributed by atoms with Crippen molar-refractivity contribution in [2.45, 2.75) is 118 Å². The Bertz CT molecular complexity index is 780. The molecule has 2 aromatic rings. The Morgan fingerprint density at radius 3 is 2.05 bits per heavy atom. The van der Waals surface area contributed by atoms with Crippen molar-refractivity contribution in [1.29, 1.82) is 0 Å². The zero-order valence-corrected chi connectivity index (χ0v) is 25.5. The molecule has 2 heterocycles. The lowest BCUT2D eigenvalue weighted by atomic mass is 9.69. The second-order valence-electron chi connectivity index (χ2n) is 10.2. The molecule has 1 unspecified atom stereocenters. The van der Waals surface area contributed by atoms with Gasteiger partial charge in [0.05, 0.1) is 0 Å². The Hall–Kier alpha value is -1.84. The van der Waals surface area contributed by atoms with Gasteiger partial charge in [-0.3, -0.25) is 0 Å². The molecule has 212 valence electrons. The molecule has 1 atom stereocenters. The standard InChI is InChI=1S/C25H34N2.C4H10.C3H8.C2H6.H2O/c1-2-7-22-10-11-24-23(20-22)25(13-6-16-26-17-14-25)15-19-27(24)18-12-21-8-4-3-5-9-21;1-3-4-2;1-3-2;1-2;/h3-5,8-11,20,26H,2,6-7,12-19H2,1H3;3-4H2,1-2H3;3H2,1-2H3;1-2H3;1H2. The van der Waals surface area contributed by atoms with Gasteiger partial charge in [0, 0.05) is 24.2 Å². The second kappa shape index (κ2) is 21.1. The summed E-state index contributed by atoms with van der Waals surface area (Å²) >= 11 is 0. The molecule has 0 bridgehead atoms. The molecule has 4 rings (SSSR count). The van der Waals surface area contributed by atoms with Crippen LogP contribution in [-0.4, -0.2) is 31.7 Å². The molecule has 1 spiro atoms. The minimum absolute atomic E-state index is 0. The third kappa shape index (κ3) is 11.6. The summed E-state index contributed by atoms with van der Waals surface area (Å²) in [5, 5.41) is 3.63. The van der Waals surface area contributed by atoms with Crippen LogP contribution in [0.15, 0.2) is 48.5 Å². The van der Waals surface area contributed by atoms with E-state index in [0.29, 0.717) is 5.41 Å². The van der Waals surface area contributed by atoms with Gasteiger partial charge in [-0.05, 0) is 74.4 Å². The molecule has 3 heteroatoms. The SMILES string of the molecule is CC.CCC.CCCC.CCCc1ccc2c(c1)C1(CCCNCC1)CCN2CCc1ccccc1.O. The number of anilines is 1. The highest BCUT2D eigenvalue weighted by Gasteiger charge is 2.39. The van der Waals surface area contributed by atoms with E-state index in [4.69, 9.17) is 0 Å². The van der Waals surface area contributed by atoms with Crippen molar-refractivity contribution < 1.29 is 5.48 Å². The average Bonchev–Trinajstić information content (AvgIpc) is 3.17. The first-order valence-corrected chi connectivity index (χ1v) is 15.3. The van der Waals surface area contributed by atoms with Gasteiger partial charge in [0.2, 0.25) is 0 Å². The van der Waals surface area contributed by atoms with Crippen LogP contribution in [0, 0.1) is 0 Å². The van der Waals surface area contributed by atoms with Gasteiger partial charge in [0.1, 0.15) is 0 Å². The van der Waals surface area contributed by atoms with Crippen LogP contribution in [0.4, 0.5) is 5.69 Å². The van der Waals surface area contributed by atoms with E-state index in [2.05, 4.69) is 93.4 Å². The van der Waals surface area contributed by atoms with Gasteiger partial charge in [0.15, 0.2) is 0 Å². The van der Waals surface area contributed by atoms with Crippen LogP contribution in [0.1, 0.15) is 117 Å². The molecule has 0 aromatic heterocycles. The average molecular weight is 513 g/mol. The van der Waals surface area contributed by atoms with E-state index in [-0.39, 0.29) is 5.48 Å². The summed E-state index contributed by atoms with van der Waals surface area (Å²) < 4.78 is 0. The maximum atomic E-state index is 3.63. The van der Waals surface area contributed by atoms with Crippen LogP contribution in [0.3, 0.4) is 0 Å². The highest BCUT2D eigenvalue weighted by atomic mass is 16.0. The largest absolute Gasteiger partial charge is 0.412 e. The minimum Gasteiger partial charge on any atom is -0.412 e. The number of unbranched alkanes of at least 4 members (excludes halogenated alkanes) is 1. The zero-order valence-electron chi connectivity index (χ0n) is 25.5. The molecule has 0 amide bonds. The first kappa shape index (κ1) is 35.2. The molecule has 37 heavy (non-hydrogen) atoms. The van der Waals surface area contributed by atoms with E-state index in [1.807, 2.05) is 13.8 Å². The number of fused-ring (bicyclic) bond motifs is 2. The van der Waals surface area contributed by atoms with Crippen molar-refractivity contribution in [2.24, 2.45) is 0 Å². The van der Waals surface area contributed by atoms with Crippen LogP contribution in [0.25, 0.3) is 0 Å². The van der Waals surface area contributed by atoms with Crippen LogP contribution in [-0.2, 0) is 18.3 Å². The van der Waals surface area contributed by atoms with Crippen molar-refractivity contribution in [3.8, 4) is 0 Å². The summed E-state index contributed by atoms with van der Waals surface area (Å²) in [4.78, 5) is 2.65. The Morgan fingerprint density at radius 1 is 0.757 bits per heavy atom. The highest BCUT2D eigenvalue weighted by molar-refractivity contribution is 5.60. The number of hydrogen-bond donors (Lipinski definition) is 1. The fourth-order valence-electron chi connectivity index (χ4n) is 5.12. The van der Waals surface area contributed by atoms with E-state index >= 15 is 0 Å². The lowest BCUT2D eigenvalue weighted by Gasteiger charge is -2.44. The number of hydrogen-bond acceptors (Lipinski definition) is 2. The normalized spacial score (nSPS) is 17.9. The summed E-state index contributed by atoms with van der Waals surface area (Å²) in [5.41, 5.74) is 6.53. The van der Waals surface area contributed by atoms with Crippen LogP contribution >= 0.6 is 0 Å². The van der Waals surface area contributed by atoms with E-state index in [1.165, 1.54) is 94.2 Å². The second-order valence-corrected chi connectivity index (χ2v) is 10.2. The third-order valence-electron chi connectivity index (χ3n) is 7.17. The molecule has 2 aliphatic rings. The fraction of sp³-hybridized carbons (Fsp3) is 0.647. The maximum absolute atomic E-state index is 3.63. The summed E-state index contributed by atoms with van der Waals surface area (Å²) in [7, 11) is 0. The Morgan fingerprint density at radius 2 is 1.43 bits per heavy atom. The summed E-state index contributed by atoms with van der Waals surface area (Å²) in [5.74, 6) is 0. The van der Waals surface area contributed by atoms with Gasteiger partial charge in [-0.25, -0.2) is 0 Å². The van der Waals surface area contributed by atoms with E-state index < -0.39 is 0 Å². The van der Waals surface area contributed by atoms with Crippen LogP contribution < -0.4 is 10.2 Å². The topological polar surface area (TPSA) is 46.8 Å². The van der Waals surface area contributed by atoms with Gasteiger partial charge < -0.3 is 15.7 Å². The Labute approximate surface area is 230 Å². The van der Waals surface area contributed by atoms with E-state index in [0.717, 1.165) is 13.0 Å². The molecule has 3 nitrogen and oxygen atoms in total. The van der Waals surface area contributed by atoms with Gasteiger partial charge >= 0.3 is 0 Å². The summed E-state index contributed by atoms with van der Waals surface area (Å²) in [6, 6.07) is 18.3. The lowest BCUT2D eigenvalue weighted by molar-refractivity contribution is 0.339. The number of benzene rings is 2. The fourth-order valence-corrected chi connectivity index (χ4v) is 5.12. The lowest BCUT2D eigenvalue weighted by Crippen LogP contribution is -2.42. The molecular weight excluding hydrogens is 452 g/mol. The van der Waals surface area contributed by atoms with Gasteiger partial charge in [-0.15, -0.1) is 0 Å². The third-order valence-corrected chi connectivity index (χ3v) is 7.17. The number of nitrogens with zero attached hydrogens (tertiary/aromatic N) is 1. The molecule has 1 fully saturated rings. The number of aryl methyl sites for hydroxylation is 1. The number of nitrogens with one attached hydrogen (secondary N) is 1. The van der Waals surface area contributed by atoms with Crippen LogP contribution in [0.2, 0.25) is 0 Å². The molecule has 0 saturated carbocycles. The van der Waals surface area contributed by atoms with Gasteiger partial charge in [0.25, 0.3) is 0 Å². The van der Waals surface area contributed by atoms with Crippen molar-refractivity contribution >= 4 is 5.69 Å². The Kier molecular flexibility index (Phi) is 20.1. The molecule has 0 aliphatic carbocycles. The molecule has 1 saturated heterocycles. The van der Waals surface area contributed by atoms with E-state index in [9.17, 15) is 0 Å². The molecule has 2 aliphatic heterocycles. The molecule has 0 radical (unpaired) electrons. The molecular formula is C34H60N2O.